The van der Waals surface area contributed by atoms with Gasteiger partial charge in [-0.3, -0.25) is 0 Å². The van der Waals surface area contributed by atoms with Crippen LogP contribution in [0, 0.1) is 25.7 Å². The Labute approximate surface area is 280 Å². The summed E-state index contributed by atoms with van der Waals surface area (Å²) in [6.07, 6.45) is 2.13. The first kappa shape index (κ1) is 28.8. The lowest BCUT2D eigenvalue weighted by atomic mass is 9.97. The van der Waals surface area contributed by atoms with Crippen molar-refractivity contribution in [2.45, 2.75) is 54.4 Å². The van der Waals surface area contributed by atoms with Crippen molar-refractivity contribution < 1.29 is 0 Å². The number of benzene rings is 2. The van der Waals surface area contributed by atoms with Crippen LogP contribution in [-0.4, -0.2) is 17.5 Å². The van der Waals surface area contributed by atoms with E-state index < -0.39 is 0 Å². The molecule has 0 fully saturated rings. The predicted octanol–water partition coefficient (Wildman–Crippen LogP) is 12.3. The van der Waals surface area contributed by atoms with Crippen molar-refractivity contribution in [3.8, 4) is 30.6 Å². The fourth-order valence-electron chi connectivity index (χ4n) is 6.16. The minimum atomic E-state index is 0.568. The molecule has 0 amide bonds. The van der Waals surface area contributed by atoms with E-state index in [0.29, 0.717) is 11.8 Å². The van der Waals surface area contributed by atoms with Gasteiger partial charge in [-0.25, -0.2) is 0 Å². The molecule has 0 saturated carbocycles. The highest BCUT2D eigenvalue weighted by Gasteiger charge is 2.23. The van der Waals surface area contributed by atoms with E-state index in [9.17, 15) is 0 Å². The van der Waals surface area contributed by atoms with Gasteiger partial charge in [-0.15, -0.1) is 45.3 Å². The molecule has 0 aliphatic rings. The third-order valence-electron chi connectivity index (χ3n) is 8.04. The normalized spacial score (nSPS) is 12.5. The van der Waals surface area contributed by atoms with Crippen molar-refractivity contribution >= 4 is 111 Å². The second-order valence-corrected chi connectivity index (χ2v) is 18.2. The molecular weight excluding hydrogens is 657 g/mol. The average Bonchev–Trinajstić information content (AvgIpc) is 3.79. The lowest BCUT2D eigenvalue weighted by molar-refractivity contribution is 0.647. The van der Waals surface area contributed by atoms with Crippen LogP contribution in [0.25, 0.3) is 72.9 Å². The molecule has 8 rings (SSSR count). The SMILES string of the molecule is Cc1cc2sc(-c3sc(-c4cc5c(cc(-c6cc(CC(C)C)c(C)s6)c6nsnc65)c5nsnc45)cc3CC(C)C)cc2s1. The number of aryl methyl sites for hydroxylation is 2. The molecule has 2 aromatic carbocycles. The molecule has 0 spiro atoms. The highest BCUT2D eigenvalue weighted by molar-refractivity contribution is 7.31. The molecule has 0 N–H and O–H groups in total. The summed E-state index contributed by atoms with van der Waals surface area (Å²) in [4.78, 5) is 8.01. The number of aromatic nitrogens is 4. The quantitative estimate of drug-likeness (QED) is 0.167. The smallest absolute Gasteiger partial charge is 0.114 e. The Kier molecular flexibility index (Phi) is 7.23. The van der Waals surface area contributed by atoms with E-state index in [0.717, 1.165) is 56.8 Å². The number of nitrogens with zero attached hydrogens (tertiary/aromatic N) is 4. The van der Waals surface area contributed by atoms with Crippen LogP contribution >= 0.6 is 68.8 Å². The van der Waals surface area contributed by atoms with Crippen LogP contribution in [0.1, 0.15) is 48.6 Å². The first-order chi connectivity index (χ1) is 21.2. The molecule has 10 heteroatoms. The molecule has 6 aromatic heterocycles. The van der Waals surface area contributed by atoms with Crippen molar-refractivity contribution in [2.75, 3.05) is 0 Å². The molecule has 0 radical (unpaired) electrons. The van der Waals surface area contributed by atoms with Crippen LogP contribution in [0.2, 0.25) is 0 Å². The van der Waals surface area contributed by atoms with Crippen molar-refractivity contribution in [3.63, 3.8) is 0 Å². The summed E-state index contributed by atoms with van der Waals surface area (Å²) in [5.41, 5.74) is 9.02. The Morgan fingerprint density at radius 2 is 1.09 bits per heavy atom. The lowest BCUT2D eigenvalue weighted by Gasteiger charge is -2.08. The van der Waals surface area contributed by atoms with E-state index >= 15 is 0 Å². The molecule has 0 saturated heterocycles. The largest absolute Gasteiger partial charge is 0.172 e. The number of fused-ring (bicyclic) bond motifs is 6. The zero-order valence-corrected chi connectivity index (χ0v) is 30.2. The molecule has 8 aromatic rings. The van der Waals surface area contributed by atoms with Gasteiger partial charge >= 0.3 is 0 Å². The van der Waals surface area contributed by atoms with Crippen LogP contribution in [-0.2, 0) is 12.8 Å². The van der Waals surface area contributed by atoms with E-state index in [1.54, 1.807) is 0 Å². The summed E-state index contributed by atoms with van der Waals surface area (Å²) >= 11 is 10.2. The van der Waals surface area contributed by atoms with Gasteiger partial charge in [0, 0.05) is 60.6 Å². The average molecular weight is 687 g/mol. The molecule has 4 nitrogen and oxygen atoms in total. The lowest BCUT2D eigenvalue weighted by Crippen LogP contribution is -1.93. The highest BCUT2D eigenvalue weighted by atomic mass is 32.1. The summed E-state index contributed by atoms with van der Waals surface area (Å²) in [5.74, 6) is 1.19. The summed E-state index contributed by atoms with van der Waals surface area (Å²) in [5, 5.41) is 2.22. The van der Waals surface area contributed by atoms with Crippen molar-refractivity contribution in [2.24, 2.45) is 11.8 Å². The summed E-state index contributed by atoms with van der Waals surface area (Å²) < 4.78 is 22.2. The van der Waals surface area contributed by atoms with E-state index in [-0.39, 0.29) is 0 Å². The summed E-state index contributed by atoms with van der Waals surface area (Å²) in [6, 6.07) is 14.1. The monoisotopic (exact) mass is 686 g/mol. The fraction of sp³-hybridized carbons (Fsp3) is 0.294. The molecule has 0 aliphatic heterocycles. The zero-order chi connectivity index (χ0) is 30.3. The standard InChI is InChI=1S/C34H30N4S6/c1-15(2)7-19-10-25(40-18(19)6)23-12-21-22(30-32(23)37-43-35-30)13-24(33-31(21)36-44-38-33)26-11-20(8-16(3)4)34(42-26)29-14-28-27(41-29)9-17(5)39-28/h9-16H,7-8H2,1-6H3. The van der Waals surface area contributed by atoms with Gasteiger partial charge < -0.3 is 0 Å². The van der Waals surface area contributed by atoms with Gasteiger partial charge in [0.1, 0.15) is 22.1 Å². The van der Waals surface area contributed by atoms with E-state index in [1.807, 2.05) is 45.3 Å². The highest BCUT2D eigenvalue weighted by Crippen LogP contribution is 2.48. The molecule has 0 atom stereocenters. The van der Waals surface area contributed by atoms with Crippen LogP contribution < -0.4 is 0 Å². The van der Waals surface area contributed by atoms with Gasteiger partial charge in [0.25, 0.3) is 0 Å². The Bertz CT molecular complexity index is 2310. The van der Waals surface area contributed by atoms with Crippen LogP contribution in [0.5, 0.6) is 0 Å². The van der Waals surface area contributed by atoms with Crippen molar-refractivity contribution in [1.29, 1.82) is 0 Å². The maximum atomic E-state index is 4.89. The Hall–Kier alpha value is -2.60. The Morgan fingerprint density at radius 1 is 0.545 bits per heavy atom. The maximum absolute atomic E-state index is 4.89. The molecule has 6 heterocycles. The zero-order valence-electron chi connectivity index (χ0n) is 25.3. The molecule has 44 heavy (non-hydrogen) atoms. The molecule has 0 aliphatic carbocycles. The van der Waals surface area contributed by atoms with Gasteiger partial charge in [-0.1, -0.05) is 27.7 Å². The van der Waals surface area contributed by atoms with Crippen LogP contribution in [0.3, 0.4) is 0 Å². The summed E-state index contributed by atoms with van der Waals surface area (Å²) in [6.45, 7) is 13.6. The van der Waals surface area contributed by atoms with Crippen molar-refractivity contribution in [3.05, 3.63) is 57.3 Å². The number of rotatable bonds is 7. The Balaban J connectivity index is 1.33. The van der Waals surface area contributed by atoms with Gasteiger partial charge in [0.05, 0.1) is 23.5 Å². The van der Waals surface area contributed by atoms with Crippen LogP contribution in [0.4, 0.5) is 0 Å². The van der Waals surface area contributed by atoms with Crippen LogP contribution in [0.15, 0.2) is 36.4 Å². The van der Waals surface area contributed by atoms with E-state index in [1.165, 1.54) is 73.2 Å². The minimum Gasteiger partial charge on any atom is -0.172 e. The minimum absolute atomic E-state index is 0.568. The number of hydrogen-bond donors (Lipinski definition) is 0. The maximum Gasteiger partial charge on any atom is 0.114 e. The Morgan fingerprint density at radius 3 is 1.70 bits per heavy atom. The van der Waals surface area contributed by atoms with Crippen molar-refractivity contribution in [1.82, 2.24) is 17.5 Å². The van der Waals surface area contributed by atoms with Gasteiger partial charge in [-0.2, -0.15) is 17.5 Å². The molecule has 0 bridgehead atoms. The third-order valence-corrected chi connectivity index (χ3v) is 13.8. The second kappa shape index (κ2) is 11.0. The first-order valence-corrected chi connectivity index (χ1v) is 19.5. The summed E-state index contributed by atoms with van der Waals surface area (Å²) in [7, 11) is 0. The number of hydrogen-bond acceptors (Lipinski definition) is 10. The predicted molar refractivity (Wildman–Crippen MR) is 198 cm³/mol. The fourth-order valence-corrected chi connectivity index (χ4v) is 12.0. The van der Waals surface area contributed by atoms with E-state index in [4.69, 9.17) is 17.5 Å². The van der Waals surface area contributed by atoms with Gasteiger partial charge in [0.15, 0.2) is 0 Å². The first-order valence-electron chi connectivity index (χ1n) is 14.8. The third kappa shape index (κ3) is 4.85. The van der Waals surface area contributed by atoms with Gasteiger partial charge in [0.2, 0.25) is 0 Å². The van der Waals surface area contributed by atoms with E-state index in [2.05, 4.69) is 77.9 Å². The molecule has 222 valence electrons. The number of thiophene rings is 4. The molecular formula is C34H30N4S6. The second-order valence-electron chi connectivity index (χ2n) is 12.4. The van der Waals surface area contributed by atoms with Gasteiger partial charge in [-0.05, 0) is 86.1 Å². The topological polar surface area (TPSA) is 51.6 Å². The molecule has 0 unspecified atom stereocenters.